The van der Waals surface area contributed by atoms with Gasteiger partial charge in [0.25, 0.3) is 0 Å². The Kier molecular flexibility index (Phi) is 5.75. The van der Waals surface area contributed by atoms with E-state index in [2.05, 4.69) is 10.2 Å². The summed E-state index contributed by atoms with van der Waals surface area (Å²) in [4.78, 5) is 27.6. The van der Waals surface area contributed by atoms with Crippen LogP contribution in [0.4, 0.5) is 0 Å². The molecule has 0 aliphatic carbocycles. The molecule has 1 aromatic carbocycles. The number of piperidine rings is 3. The molecule has 4 heterocycles. The standard InChI is InChI=1S/C21H24N2O4S/c24-20(25)18-7-6-16(28-18)12-22-19(15-4-2-1-3-5-15)21(26)27-17-13-23-10-8-14(17)9-11-23/h1-7,14,17,19,22H,8-13H2,(H,24,25)/t17-,19?/m0/s1. The number of fused-ring (bicyclic) bond motifs is 3. The zero-order valence-corrected chi connectivity index (χ0v) is 16.4. The largest absolute Gasteiger partial charge is 0.477 e. The van der Waals surface area contributed by atoms with Crippen molar-refractivity contribution in [3.8, 4) is 0 Å². The Morgan fingerprint density at radius 2 is 1.93 bits per heavy atom. The highest BCUT2D eigenvalue weighted by Crippen LogP contribution is 2.30. The summed E-state index contributed by atoms with van der Waals surface area (Å²) in [6.45, 7) is 3.43. The molecular weight excluding hydrogens is 376 g/mol. The predicted molar refractivity (Wildman–Crippen MR) is 106 cm³/mol. The lowest BCUT2D eigenvalue weighted by atomic mass is 9.86. The molecule has 3 aliphatic heterocycles. The van der Waals surface area contributed by atoms with Gasteiger partial charge in [-0.3, -0.25) is 10.2 Å². The lowest BCUT2D eigenvalue weighted by molar-refractivity contribution is -0.161. The first-order valence-corrected chi connectivity index (χ1v) is 10.4. The van der Waals surface area contributed by atoms with Crippen molar-refractivity contribution in [2.75, 3.05) is 19.6 Å². The molecule has 3 aliphatic rings. The number of thiophene rings is 1. The number of benzene rings is 1. The maximum absolute atomic E-state index is 13.0. The molecule has 6 nitrogen and oxygen atoms in total. The summed E-state index contributed by atoms with van der Waals surface area (Å²) < 4.78 is 5.94. The molecule has 2 bridgehead atoms. The summed E-state index contributed by atoms with van der Waals surface area (Å²) in [6, 6.07) is 12.3. The van der Waals surface area contributed by atoms with Crippen LogP contribution >= 0.6 is 11.3 Å². The minimum atomic E-state index is -0.933. The summed E-state index contributed by atoms with van der Waals surface area (Å²) in [5.74, 6) is -0.738. The number of nitrogens with zero attached hydrogens (tertiary/aromatic N) is 1. The van der Waals surface area contributed by atoms with Gasteiger partial charge >= 0.3 is 11.9 Å². The molecule has 2 atom stereocenters. The Hall–Kier alpha value is -2.22. The first kappa shape index (κ1) is 19.1. The topological polar surface area (TPSA) is 78.9 Å². The molecule has 148 valence electrons. The fraction of sp³-hybridized carbons (Fsp3) is 0.429. The first-order chi connectivity index (χ1) is 13.6. The van der Waals surface area contributed by atoms with Crippen molar-refractivity contribution in [1.82, 2.24) is 10.2 Å². The Balaban J connectivity index is 1.45. The van der Waals surface area contributed by atoms with Crippen molar-refractivity contribution in [2.45, 2.75) is 31.5 Å². The van der Waals surface area contributed by atoms with Gasteiger partial charge in [0, 0.05) is 18.0 Å². The molecular formula is C21H24N2O4S. The quantitative estimate of drug-likeness (QED) is 0.696. The molecule has 7 heteroatoms. The number of rotatable bonds is 7. The number of aromatic carboxylic acids is 1. The second-order valence-corrected chi connectivity index (χ2v) is 8.58. The normalized spacial score (nSPS) is 24.6. The number of hydrogen-bond acceptors (Lipinski definition) is 6. The maximum atomic E-state index is 13.0. The maximum Gasteiger partial charge on any atom is 0.345 e. The Bertz CT molecular complexity index is 830. The van der Waals surface area contributed by atoms with E-state index in [4.69, 9.17) is 9.84 Å². The number of esters is 1. The van der Waals surface area contributed by atoms with Crippen molar-refractivity contribution < 1.29 is 19.4 Å². The average Bonchev–Trinajstić information content (AvgIpc) is 3.19. The van der Waals surface area contributed by atoms with Gasteiger partial charge < -0.3 is 9.84 Å². The highest BCUT2D eigenvalue weighted by molar-refractivity contribution is 7.13. The molecule has 3 fully saturated rings. The second-order valence-electron chi connectivity index (χ2n) is 7.41. The summed E-state index contributed by atoms with van der Waals surface area (Å²) in [6.07, 6.45) is 2.15. The Labute approximate surface area is 168 Å². The van der Waals surface area contributed by atoms with Crippen LogP contribution in [0.3, 0.4) is 0 Å². The third-order valence-electron chi connectivity index (χ3n) is 5.59. The van der Waals surface area contributed by atoms with Crippen molar-refractivity contribution in [1.29, 1.82) is 0 Å². The molecule has 28 heavy (non-hydrogen) atoms. The van der Waals surface area contributed by atoms with Crippen LogP contribution in [-0.4, -0.2) is 47.7 Å². The molecule has 3 saturated heterocycles. The Morgan fingerprint density at radius 3 is 2.54 bits per heavy atom. The molecule has 2 aromatic rings. The van der Waals surface area contributed by atoms with E-state index in [1.165, 1.54) is 11.3 Å². The number of carbonyl (C=O) groups excluding carboxylic acids is 1. The van der Waals surface area contributed by atoms with Gasteiger partial charge in [0.2, 0.25) is 0 Å². The van der Waals surface area contributed by atoms with Crippen LogP contribution in [0.2, 0.25) is 0 Å². The molecule has 0 saturated carbocycles. The van der Waals surface area contributed by atoms with E-state index in [1.54, 1.807) is 12.1 Å². The van der Waals surface area contributed by atoms with Crippen molar-refractivity contribution in [3.05, 3.63) is 57.8 Å². The van der Waals surface area contributed by atoms with Crippen LogP contribution in [0.25, 0.3) is 0 Å². The molecule has 0 amide bonds. The number of carboxylic acid groups (broad SMARTS) is 1. The van der Waals surface area contributed by atoms with Gasteiger partial charge in [-0.1, -0.05) is 30.3 Å². The van der Waals surface area contributed by atoms with Crippen LogP contribution in [-0.2, 0) is 16.1 Å². The van der Waals surface area contributed by atoms with E-state index in [-0.39, 0.29) is 12.1 Å². The van der Waals surface area contributed by atoms with E-state index >= 15 is 0 Å². The number of nitrogens with one attached hydrogen (secondary N) is 1. The van der Waals surface area contributed by atoms with Gasteiger partial charge in [0.05, 0.1) is 0 Å². The first-order valence-electron chi connectivity index (χ1n) is 9.63. The second kappa shape index (κ2) is 8.43. The highest BCUT2D eigenvalue weighted by atomic mass is 32.1. The number of hydrogen-bond donors (Lipinski definition) is 2. The minimum Gasteiger partial charge on any atom is -0.477 e. The third kappa shape index (κ3) is 4.27. The van der Waals surface area contributed by atoms with Gasteiger partial charge in [0.1, 0.15) is 17.0 Å². The van der Waals surface area contributed by atoms with Gasteiger partial charge in [-0.25, -0.2) is 9.59 Å². The fourth-order valence-corrected chi connectivity index (χ4v) is 4.83. The smallest absolute Gasteiger partial charge is 0.345 e. The highest BCUT2D eigenvalue weighted by Gasteiger charge is 2.37. The molecule has 2 N–H and O–H groups in total. The third-order valence-corrected chi connectivity index (χ3v) is 6.66. The van der Waals surface area contributed by atoms with Crippen LogP contribution < -0.4 is 5.32 Å². The lowest BCUT2D eigenvalue weighted by Gasteiger charge is -2.44. The van der Waals surface area contributed by atoms with E-state index in [1.807, 2.05) is 30.3 Å². The predicted octanol–water partition coefficient (Wildman–Crippen LogP) is 2.91. The summed E-state index contributed by atoms with van der Waals surface area (Å²) in [5, 5.41) is 12.4. The van der Waals surface area contributed by atoms with Crippen LogP contribution in [0.1, 0.15) is 39.0 Å². The van der Waals surface area contributed by atoms with Crippen LogP contribution in [0.15, 0.2) is 42.5 Å². The minimum absolute atomic E-state index is 0.0386. The Morgan fingerprint density at radius 1 is 1.18 bits per heavy atom. The average molecular weight is 401 g/mol. The van der Waals surface area contributed by atoms with Gasteiger partial charge in [-0.2, -0.15) is 0 Å². The van der Waals surface area contributed by atoms with Crippen molar-refractivity contribution in [2.24, 2.45) is 5.92 Å². The summed E-state index contributed by atoms with van der Waals surface area (Å²) in [7, 11) is 0. The summed E-state index contributed by atoms with van der Waals surface area (Å²) >= 11 is 1.21. The van der Waals surface area contributed by atoms with Crippen LogP contribution in [0.5, 0.6) is 0 Å². The molecule has 0 radical (unpaired) electrons. The zero-order chi connectivity index (χ0) is 19.5. The van der Waals surface area contributed by atoms with Gasteiger partial charge in [0.15, 0.2) is 0 Å². The lowest BCUT2D eigenvalue weighted by Crippen LogP contribution is -2.52. The zero-order valence-electron chi connectivity index (χ0n) is 15.5. The van der Waals surface area contributed by atoms with Gasteiger partial charge in [-0.15, -0.1) is 11.3 Å². The fourth-order valence-electron chi connectivity index (χ4n) is 4.03. The van der Waals surface area contributed by atoms with E-state index in [0.717, 1.165) is 42.9 Å². The molecule has 1 aromatic heterocycles. The number of ether oxygens (including phenoxy) is 1. The van der Waals surface area contributed by atoms with E-state index in [9.17, 15) is 9.59 Å². The number of carbonyl (C=O) groups is 2. The SMILES string of the molecule is O=C(O)c1ccc(CNC(C(=O)O[C@H]2CN3CCC2CC3)c2ccccc2)s1. The summed E-state index contributed by atoms with van der Waals surface area (Å²) in [5.41, 5.74) is 0.851. The number of carboxylic acids is 1. The van der Waals surface area contributed by atoms with Crippen molar-refractivity contribution >= 4 is 23.3 Å². The monoisotopic (exact) mass is 400 g/mol. The van der Waals surface area contributed by atoms with E-state index < -0.39 is 12.0 Å². The van der Waals surface area contributed by atoms with E-state index in [0.29, 0.717) is 17.3 Å². The molecule has 5 rings (SSSR count). The van der Waals surface area contributed by atoms with Gasteiger partial charge in [-0.05, 0) is 49.5 Å². The molecule has 1 unspecified atom stereocenters. The van der Waals surface area contributed by atoms with Crippen LogP contribution in [0, 0.1) is 5.92 Å². The van der Waals surface area contributed by atoms with Crippen molar-refractivity contribution in [3.63, 3.8) is 0 Å². The molecule has 0 spiro atoms.